The van der Waals surface area contributed by atoms with Crippen LogP contribution in [0, 0.1) is 0 Å². The first-order chi connectivity index (χ1) is 20.8. The van der Waals surface area contributed by atoms with Gasteiger partial charge in [-0.15, -0.1) is 0 Å². The highest BCUT2D eigenvalue weighted by atomic mass is 35.5. The first-order valence-corrected chi connectivity index (χ1v) is 15.8. The molecule has 8 heteroatoms. The lowest BCUT2D eigenvalue weighted by atomic mass is 9.92. The van der Waals surface area contributed by atoms with Gasteiger partial charge in [0, 0.05) is 10.6 Å². The fourth-order valence-corrected chi connectivity index (χ4v) is 6.30. The number of carbonyl (C=O) groups is 1. The number of nitrogens with zero attached hydrogens (tertiary/aromatic N) is 2. The lowest BCUT2D eigenvalue weighted by molar-refractivity contribution is -0.139. The van der Waals surface area contributed by atoms with Gasteiger partial charge in [-0.2, -0.15) is 0 Å². The van der Waals surface area contributed by atoms with Crippen LogP contribution in [0.3, 0.4) is 0 Å². The van der Waals surface area contributed by atoms with Crippen LogP contribution in [0.25, 0.3) is 6.08 Å². The summed E-state index contributed by atoms with van der Waals surface area (Å²) < 4.78 is 13.6. The lowest BCUT2D eigenvalue weighted by Gasteiger charge is -2.26. The Kier molecular flexibility index (Phi) is 9.63. The summed E-state index contributed by atoms with van der Waals surface area (Å²) in [6.07, 6.45) is 3.27. The van der Waals surface area contributed by atoms with Crippen LogP contribution in [0.4, 0.5) is 0 Å². The van der Waals surface area contributed by atoms with Crippen molar-refractivity contribution in [3.05, 3.63) is 131 Å². The molecule has 0 fully saturated rings. The topological polar surface area (TPSA) is 69.9 Å². The third-order valence-corrected chi connectivity index (χ3v) is 8.69. The second-order valence-electron chi connectivity index (χ2n) is 10.7. The van der Waals surface area contributed by atoms with E-state index in [4.69, 9.17) is 26.1 Å². The molecule has 1 aliphatic rings. The highest BCUT2D eigenvalue weighted by Gasteiger charge is 2.34. The summed E-state index contributed by atoms with van der Waals surface area (Å²) in [5.74, 6) is 0.626. The number of benzene rings is 3. The van der Waals surface area contributed by atoms with Gasteiger partial charge >= 0.3 is 5.97 Å². The highest BCUT2D eigenvalue weighted by Crippen LogP contribution is 2.33. The van der Waals surface area contributed by atoms with E-state index in [1.54, 1.807) is 11.5 Å². The molecule has 1 unspecified atom stereocenters. The Hall–Kier alpha value is -3.94. The standard InChI is InChI=1S/C35H35ClN2O4S/c1-5-9-29-31(34(40)41-6-2)32(25-16-14-24(15-17-25)22(3)4)38-33(39)30(43-35(38)37-29)20-23-12-18-27(19-13-23)42-21-26-10-7-8-11-28(26)36/h7-8,10-20,22,32H,5-6,9,21H2,1-4H3/b30-20-. The van der Waals surface area contributed by atoms with Crippen LogP contribution in [0.15, 0.2) is 93.9 Å². The Labute approximate surface area is 260 Å². The molecular formula is C35H35ClN2O4S. The summed E-state index contributed by atoms with van der Waals surface area (Å²) in [6.45, 7) is 8.71. The Morgan fingerprint density at radius 1 is 1.05 bits per heavy atom. The molecule has 5 rings (SSSR count). The summed E-state index contributed by atoms with van der Waals surface area (Å²) in [5, 5.41) is 0.664. The number of thiazole rings is 1. The van der Waals surface area contributed by atoms with E-state index in [-0.39, 0.29) is 12.2 Å². The van der Waals surface area contributed by atoms with E-state index >= 15 is 0 Å². The minimum Gasteiger partial charge on any atom is -0.489 e. The molecule has 0 amide bonds. The average Bonchev–Trinajstić information content (AvgIpc) is 3.31. The summed E-state index contributed by atoms with van der Waals surface area (Å²) >= 11 is 7.58. The zero-order chi connectivity index (χ0) is 30.5. The minimum atomic E-state index is -0.624. The monoisotopic (exact) mass is 614 g/mol. The van der Waals surface area contributed by atoms with Gasteiger partial charge in [0.25, 0.3) is 5.56 Å². The van der Waals surface area contributed by atoms with Gasteiger partial charge in [0.1, 0.15) is 12.4 Å². The largest absolute Gasteiger partial charge is 0.489 e. The molecule has 4 aromatic rings. The highest BCUT2D eigenvalue weighted by molar-refractivity contribution is 7.07. The Morgan fingerprint density at radius 2 is 1.77 bits per heavy atom. The molecule has 43 heavy (non-hydrogen) atoms. The van der Waals surface area contributed by atoms with Crippen molar-refractivity contribution in [2.24, 2.45) is 4.99 Å². The van der Waals surface area contributed by atoms with Gasteiger partial charge < -0.3 is 9.47 Å². The zero-order valence-corrected chi connectivity index (χ0v) is 26.4. The van der Waals surface area contributed by atoms with Crippen LogP contribution >= 0.6 is 22.9 Å². The average molecular weight is 615 g/mol. The minimum absolute atomic E-state index is 0.196. The van der Waals surface area contributed by atoms with Crippen LogP contribution in [-0.2, 0) is 16.1 Å². The number of halogens is 1. The van der Waals surface area contributed by atoms with Crippen LogP contribution < -0.4 is 19.6 Å². The number of fused-ring (bicyclic) bond motifs is 1. The third kappa shape index (κ3) is 6.68. The molecule has 0 bridgehead atoms. The number of rotatable bonds is 10. The van der Waals surface area contributed by atoms with Crippen molar-refractivity contribution in [1.29, 1.82) is 0 Å². The number of carbonyl (C=O) groups excluding carboxylic acids is 1. The smallest absolute Gasteiger partial charge is 0.338 e. The number of hydrogen-bond donors (Lipinski definition) is 0. The molecule has 0 saturated heterocycles. The van der Waals surface area contributed by atoms with Crippen molar-refractivity contribution in [3.8, 4) is 5.75 Å². The maximum absolute atomic E-state index is 14.0. The molecule has 0 radical (unpaired) electrons. The van der Waals surface area contributed by atoms with E-state index in [0.29, 0.717) is 50.3 Å². The molecule has 6 nitrogen and oxygen atoms in total. The SMILES string of the molecule is CCCC1=C(C(=O)OCC)C(c2ccc(C(C)C)cc2)n2c(s/c(=C\c3ccc(OCc4ccccc4Cl)cc3)c2=O)=N1. The number of aromatic nitrogens is 1. The van der Waals surface area contributed by atoms with E-state index in [1.807, 2.05) is 66.7 Å². The van der Waals surface area contributed by atoms with E-state index in [2.05, 4.69) is 32.9 Å². The quantitative estimate of drug-likeness (QED) is 0.182. The molecule has 1 aromatic heterocycles. The van der Waals surface area contributed by atoms with E-state index in [9.17, 15) is 9.59 Å². The first-order valence-electron chi connectivity index (χ1n) is 14.6. The number of allylic oxidation sites excluding steroid dienone is 1. The molecule has 3 aromatic carbocycles. The number of hydrogen-bond acceptors (Lipinski definition) is 6. The summed E-state index contributed by atoms with van der Waals surface area (Å²) in [5.41, 5.74) is 4.71. The van der Waals surface area contributed by atoms with Gasteiger partial charge in [-0.25, -0.2) is 9.79 Å². The van der Waals surface area contributed by atoms with E-state index in [0.717, 1.165) is 23.1 Å². The second-order valence-corrected chi connectivity index (χ2v) is 12.1. The van der Waals surface area contributed by atoms with Crippen molar-refractivity contribution in [2.45, 2.75) is 59.1 Å². The van der Waals surface area contributed by atoms with E-state index in [1.165, 1.54) is 16.9 Å². The van der Waals surface area contributed by atoms with Gasteiger partial charge in [-0.3, -0.25) is 9.36 Å². The maximum atomic E-state index is 14.0. The molecule has 1 atom stereocenters. The molecule has 0 spiro atoms. The zero-order valence-electron chi connectivity index (χ0n) is 24.8. The molecular weight excluding hydrogens is 580 g/mol. The van der Waals surface area contributed by atoms with Crippen LogP contribution in [0.2, 0.25) is 5.02 Å². The van der Waals surface area contributed by atoms with Gasteiger partial charge in [-0.05, 0) is 60.2 Å². The number of esters is 1. The van der Waals surface area contributed by atoms with Crippen molar-refractivity contribution < 1.29 is 14.3 Å². The Morgan fingerprint density at radius 3 is 2.42 bits per heavy atom. The Bertz CT molecular complexity index is 1820. The van der Waals surface area contributed by atoms with Crippen molar-refractivity contribution in [1.82, 2.24) is 4.57 Å². The van der Waals surface area contributed by atoms with Gasteiger partial charge in [-0.1, -0.05) is 105 Å². The number of ether oxygens (including phenoxy) is 2. The van der Waals surface area contributed by atoms with Gasteiger partial charge in [0.2, 0.25) is 0 Å². The molecule has 1 aliphatic heterocycles. The fraction of sp³-hybridized carbons (Fsp3) is 0.286. The van der Waals surface area contributed by atoms with Crippen LogP contribution in [0.5, 0.6) is 5.75 Å². The normalized spacial score (nSPS) is 14.9. The summed E-state index contributed by atoms with van der Waals surface area (Å²) in [7, 11) is 0. The Balaban J connectivity index is 1.54. The van der Waals surface area contributed by atoms with Crippen molar-refractivity contribution >= 4 is 35.0 Å². The summed E-state index contributed by atoms with van der Waals surface area (Å²) in [4.78, 5) is 32.8. The predicted molar refractivity (Wildman–Crippen MR) is 172 cm³/mol. The molecule has 0 saturated carbocycles. The third-order valence-electron chi connectivity index (χ3n) is 7.34. The van der Waals surface area contributed by atoms with Gasteiger partial charge in [0.15, 0.2) is 4.80 Å². The first kappa shape index (κ1) is 30.5. The fourth-order valence-electron chi connectivity index (χ4n) is 5.09. The molecule has 0 aliphatic carbocycles. The molecule has 2 heterocycles. The predicted octanol–water partition coefficient (Wildman–Crippen LogP) is 6.93. The maximum Gasteiger partial charge on any atom is 0.338 e. The molecule has 0 N–H and O–H groups in total. The van der Waals surface area contributed by atoms with Crippen molar-refractivity contribution in [3.63, 3.8) is 0 Å². The van der Waals surface area contributed by atoms with Gasteiger partial charge in [0.05, 0.1) is 28.5 Å². The molecule has 222 valence electrons. The van der Waals surface area contributed by atoms with Crippen molar-refractivity contribution in [2.75, 3.05) is 6.61 Å². The summed E-state index contributed by atoms with van der Waals surface area (Å²) in [6, 6.07) is 22.7. The van der Waals surface area contributed by atoms with Crippen LogP contribution in [-0.4, -0.2) is 17.1 Å². The van der Waals surface area contributed by atoms with E-state index < -0.39 is 12.0 Å². The lowest BCUT2D eigenvalue weighted by Crippen LogP contribution is -2.40. The second kappa shape index (κ2) is 13.6. The van der Waals surface area contributed by atoms with Crippen LogP contribution in [0.1, 0.15) is 74.8 Å².